The van der Waals surface area contributed by atoms with E-state index in [2.05, 4.69) is 45.7 Å². The fraction of sp³-hybridized carbons (Fsp3) is 0.444. The maximum atomic E-state index is 13.5. The van der Waals surface area contributed by atoms with Crippen LogP contribution < -0.4 is 26.4 Å². The number of aliphatic hydroxyl groups is 1. The number of pyridine rings is 1. The number of nitrogens with two attached hydrogens (primary N) is 2. The first kappa shape index (κ1) is 29.9. The van der Waals surface area contributed by atoms with Crippen LogP contribution in [-0.4, -0.2) is 56.1 Å². The van der Waals surface area contributed by atoms with E-state index in [-0.39, 0.29) is 17.1 Å². The van der Waals surface area contributed by atoms with Crippen LogP contribution in [0.1, 0.15) is 50.4 Å². The van der Waals surface area contributed by atoms with Gasteiger partial charge in [-0.1, -0.05) is 27.2 Å². The molecule has 1 amide bonds. The Balaban J connectivity index is 1.94. The average Bonchev–Trinajstić information content (AvgIpc) is 2.86. The molecule has 1 aromatic carbocycles. The molecule has 7 N–H and O–H groups in total. The molecule has 1 fully saturated rings. The number of hydrogen-bond acceptors (Lipinski definition) is 9. The van der Waals surface area contributed by atoms with E-state index in [0.29, 0.717) is 28.5 Å². The van der Waals surface area contributed by atoms with E-state index in [1.807, 2.05) is 0 Å². The summed E-state index contributed by atoms with van der Waals surface area (Å²) in [6, 6.07) is 8.05. The van der Waals surface area contributed by atoms with Crippen molar-refractivity contribution >= 4 is 50.8 Å². The van der Waals surface area contributed by atoms with Gasteiger partial charge in [0.25, 0.3) is 5.91 Å². The van der Waals surface area contributed by atoms with Crippen LogP contribution in [0.4, 0.5) is 28.7 Å². The second-order valence-corrected chi connectivity index (χ2v) is 12.1. The highest BCUT2D eigenvalue weighted by Crippen LogP contribution is 2.41. The van der Waals surface area contributed by atoms with Crippen LogP contribution in [0.25, 0.3) is 0 Å². The summed E-state index contributed by atoms with van der Waals surface area (Å²) in [6.45, 7) is 7.67. The molecule has 1 unspecified atom stereocenters. The number of anilines is 4. The first-order chi connectivity index (χ1) is 18.5. The van der Waals surface area contributed by atoms with Crippen LogP contribution in [0.15, 0.2) is 47.6 Å². The minimum absolute atomic E-state index is 0.143. The first-order valence-corrected chi connectivity index (χ1v) is 14.6. The lowest BCUT2D eigenvalue weighted by Gasteiger charge is -2.45. The van der Waals surface area contributed by atoms with Crippen molar-refractivity contribution in [3.8, 4) is 0 Å². The molecule has 1 aliphatic rings. The van der Waals surface area contributed by atoms with Gasteiger partial charge < -0.3 is 26.8 Å². The molecule has 212 valence electrons. The van der Waals surface area contributed by atoms with Crippen molar-refractivity contribution in [3.05, 3.63) is 48.2 Å². The van der Waals surface area contributed by atoms with Crippen LogP contribution in [0.3, 0.4) is 0 Å². The lowest BCUT2D eigenvalue weighted by Crippen LogP contribution is -2.45. The maximum absolute atomic E-state index is 13.5. The van der Waals surface area contributed by atoms with Gasteiger partial charge in [0.05, 0.1) is 29.3 Å². The minimum atomic E-state index is -3.73. The van der Waals surface area contributed by atoms with Crippen molar-refractivity contribution in [2.75, 3.05) is 46.1 Å². The second-order valence-electron chi connectivity index (χ2n) is 10.3. The molecule has 0 saturated carbocycles. The Morgan fingerprint density at radius 1 is 1.31 bits per heavy atom. The lowest BCUT2D eigenvalue weighted by molar-refractivity contribution is 0.102. The van der Waals surface area contributed by atoms with Crippen molar-refractivity contribution in [1.82, 2.24) is 4.98 Å². The molecule has 3 rings (SSSR count). The summed E-state index contributed by atoms with van der Waals surface area (Å²) in [5.41, 5.74) is 13.2. The lowest BCUT2D eigenvalue weighted by atomic mass is 9.71. The van der Waals surface area contributed by atoms with Gasteiger partial charge in [-0.15, -0.1) is 0 Å². The molecule has 39 heavy (non-hydrogen) atoms. The van der Waals surface area contributed by atoms with Crippen LogP contribution in [0.2, 0.25) is 0 Å². The minimum Gasteiger partial charge on any atom is -0.405 e. The van der Waals surface area contributed by atoms with E-state index in [1.165, 1.54) is 18.5 Å². The highest BCUT2D eigenvalue weighted by molar-refractivity contribution is 7.92. The summed E-state index contributed by atoms with van der Waals surface area (Å²) in [6.07, 6.45) is 7.41. The topological polar surface area (TPSA) is 176 Å². The number of carbonyl (C=O) groups excluding carboxylic acids is 1. The summed E-state index contributed by atoms with van der Waals surface area (Å²) in [4.78, 5) is 24.0. The van der Waals surface area contributed by atoms with E-state index in [4.69, 9.17) is 16.6 Å². The molecule has 0 radical (unpaired) electrons. The Morgan fingerprint density at radius 3 is 2.74 bits per heavy atom. The molecular formula is C27H39N7O4S. The highest BCUT2D eigenvalue weighted by atomic mass is 32.2. The molecule has 2 aromatic rings. The van der Waals surface area contributed by atoms with Crippen molar-refractivity contribution in [3.63, 3.8) is 0 Å². The monoisotopic (exact) mass is 557 g/mol. The molecule has 1 aliphatic heterocycles. The number of aliphatic imine (C=N–C) groups is 1. The van der Waals surface area contributed by atoms with Crippen LogP contribution >= 0.6 is 0 Å². The van der Waals surface area contributed by atoms with E-state index in [0.717, 1.165) is 32.4 Å². The summed E-state index contributed by atoms with van der Waals surface area (Å²) in [5.74, 6) is -0.0139. The Bertz CT molecular complexity index is 1330. The van der Waals surface area contributed by atoms with E-state index in [9.17, 15) is 13.2 Å². The smallest absolute Gasteiger partial charge is 0.258 e. The molecule has 11 nitrogen and oxygen atoms in total. The molecule has 2 heterocycles. The number of hydrogen-bond donors (Lipinski definition) is 5. The SMILES string of the molecule is CCCC1CN(c2cc(NS(=O)(=O)CCO)ccc2C(=O)Nc2ccc(N=C/C=C\N)c(N)n2)CCC1(C)C. The third-order valence-corrected chi connectivity index (χ3v) is 8.25. The third-order valence-electron chi connectivity index (χ3n) is 6.98. The fourth-order valence-corrected chi connectivity index (χ4v) is 5.51. The normalized spacial score (nSPS) is 17.5. The molecular weight excluding hydrogens is 518 g/mol. The standard InChI is InChI=1S/C27H39N7O4S/c1-4-6-19-18-34(14-11-27(19,2)3)23-17-20(33-39(37,38)16-15-35)7-8-21(23)26(36)32-24-10-9-22(25(29)31-24)30-13-5-12-28/h5,7-10,12-13,17,19,33,35H,4,6,11,14-16,18,28H2,1-3H3,(H3,29,31,32,36)/b12-5-,30-13?. The highest BCUT2D eigenvalue weighted by Gasteiger charge is 2.36. The number of piperidine rings is 1. The number of nitrogens with one attached hydrogen (secondary N) is 2. The van der Waals surface area contributed by atoms with Gasteiger partial charge in [-0.2, -0.15) is 0 Å². The first-order valence-electron chi connectivity index (χ1n) is 13.0. The Morgan fingerprint density at radius 2 is 2.08 bits per heavy atom. The third kappa shape index (κ3) is 7.93. The van der Waals surface area contributed by atoms with E-state index in [1.54, 1.807) is 30.3 Å². The molecule has 0 bridgehead atoms. The van der Waals surface area contributed by atoms with Crippen molar-refractivity contribution in [1.29, 1.82) is 0 Å². The second kappa shape index (κ2) is 12.9. The van der Waals surface area contributed by atoms with E-state index >= 15 is 0 Å². The van der Waals surface area contributed by atoms with Gasteiger partial charge in [0.15, 0.2) is 5.82 Å². The summed E-state index contributed by atoms with van der Waals surface area (Å²) >= 11 is 0. The number of aliphatic hydroxyl groups excluding tert-OH is 1. The maximum Gasteiger partial charge on any atom is 0.258 e. The van der Waals surface area contributed by atoms with Crippen molar-refractivity contribution in [2.24, 2.45) is 22.1 Å². The molecule has 12 heteroatoms. The zero-order valence-corrected chi connectivity index (χ0v) is 23.5. The number of rotatable bonds is 11. The van der Waals surface area contributed by atoms with Crippen LogP contribution in [0.5, 0.6) is 0 Å². The zero-order valence-electron chi connectivity index (χ0n) is 22.7. The Labute approximate surface area is 230 Å². The molecule has 0 aliphatic carbocycles. The fourth-order valence-electron chi connectivity index (χ4n) is 4.68. The molecule has 1 aromatic heterocycles. The van der Waals surface area contributed by atoms with Gasteiger partial charge in [-0.05, 0) is 66.8 Å². The largest absolute Gasteiger partial charge is 0.405 e. The van der Waals surface area contributed by atoms with Gasteiger partial charge in [-0.25, -0.2) is 13.4 Å². The number of carbonyl (C=O) groups is 1. The van der Waals surface area contributed by atoms with Crippen molar-refractivity contribution < 1.29 is 18.3 Å². The summed E-state index contributed by atoms with van der Waals surface area (Å²) in [7, 11) is -3.73. The number of aromatic nitrogens is 1. The number of nitrogen functional groups attached to an aromatic ring is 1. The van der Waals surface area contributed by atoms with E-state index < -0.39 is 28.3 Å². The summed E-state index contributed by atoms with van der Waals surface area (Å²) < 4.78 is 27.1. The number of benzene rings is 1. The average molecular weight is 558 g/mol. The predicted octanol–water partition coefficient (Wildman–Crippen LogP) is 3.48. The number of allylic oxidation sites excluding steroid dienone is 1. The van der Waals surface area contributed by atoms with Crippen LogP contribution in [0, 0.1) is 11.3 Å². The number of sulfonamides is 1. The Kier molecular flexibility index (Phi) is 9.92. The van der Waals surface area contributed by atoms with Gasteiger partial charge in [0, 0.05) is 19.3 Å². The Hall–Kier alpha value is -3.64. The molecule has 1 atom stereocenters. The number of nitrogens with zero attached hydrogens (tertiary/aromatic N) is 3. The van der Waals surface area contributed by atoms with Gasteiger partial charge in [0.2, 0.25) is 10.0 Å². The van der Waals surface area contributed by atoms with Gasteiger partial charge in [0.1, 0.15) is 11.5 Å². The zero-order chi connectivity index (χ0) is 28.6. The van der Waals surface area contributed by atoms with Gasteiger partial charge >= 0.3 is 0 Å². The van der Waals surface area contributed by atoms with Gasteiger partial charge in [-0.3, -0.25) is 14.5 Å². The molecule has 0 spiro atoms. The number of amides is 1. The molecule has 1 saturated heterocycles. The predicted molar refractivity (Wildman–Crippen MR) is 158 cm³/mol. The quantitative estimate of drug-likeness (QED) is 0.261. The summed E-state index contributed by atoms with van der Waals surface area (Å²) in [5, 5.41) is 11.9. The van der Waals surface area contributed by atoms with Crippen molar-refractivity contribution in [2.45, 2.75) is 40.0 Å². The van der Waals surface area contributed by atoms with Crippen LogP contribution in [-0.2, 0) is 10.0 Å².